The molecule has 0 heterocycles. The summed E-state index contributed by atoms with van der Waals surface area (Å²) in [5, 5.41) is 3.29. The van der Waals surface area contributed by atoms with Gasteiger partial charge in [0.2, 0.25) is 0 Å². The molecule has 1 rings (SSSR count). The molecule has 7 heteroatoms. The first-order valence-electron chi connectivity index (χ1n) is 8.49. The maximum absolute atomic E-state index is 13.2. The van der Waals surface area contributed by atoms with Gasteiger partial charge in [0.05, 0.1) is 25.4 Å². The summed E-state index contributed by atoms with van der Waals surface area (Å²) in [5.41, 5.74) is 0.0997. The zero-order valence-electron chi connectivity index (χ0n) is 14.5. The van der Waals surface area contributed by atoms with Gasteiger partial charge < -0.3 is 13.8 Å². The summed E-state index contributed by atoms with van der Waals surface area (Å²) in [4.78, 5) is 12.1. The lowest BCUT2D eigenvalue weighted by atomic mass is 9.95. The molecule has 0 aromatic heterocycles. The maximum atomic E-state index is 13.2. The summed E-state index contributed by atoms with van der Waals surface area (Å²) in [6.45, 7) is 9.72. The normalized spacial score (nSPS) is 17.7. The largest absolute Gasteiger partial charge is 0.463 e. The lowest BCUT2D eigenvalue weighted by molar-refractivity contribution is -0.138. The van der Waals surface area contributed by atoms with Crippen molar-refractivity contribution >= 4 is 13.6 Å². The molecule has 0 saturated heterocycles. The Kier molecular flexibility index (Phi) is 9.07. The Hall–Kier alpha value is -0.680. The summed E-state index contributed by atoms with van der Waals surface area (Å²) in [5.74, 6) is -1.44. The molecule has 0 bridgehead atoms. The van der Waals surface area contributed by atoms with Crippen LogP contribution in [0, 0.1) is 0 Å². The number of hydrogen-bond acceptors (Lipinski definition) is 6. The second-order valence-electron chi connectivity index (χ2n) is 5.53. The van der Waals surface area contributed by atoms with Gasteiger partial charge in [-0.1, -0.05) is 25.8 Å². The van der Waals surface area contributed by atoms with E-state index in [0.29, 0.717) is 0 Å². The molecule has 0 aromatic rings. The van der Waals surface area contributed by atoms with Crippen molar-refractivity contribution in [1.82, 2.24) is 5.32 Å². The van der Waals surface area contributed by atoms with Gasteiger partial charge in [0.1, 0.15) is 5.78 Å². The number of hydrogen-bond donors (Lipinski definition) is 1. The molecule has 1 N–H and O–H groups in total. The van der Waals surface area contributed by atoms with Crippen LogP contribution in [0.1, 0.15) is 52.9 Å². The van der Waals surface area contributed by atoms with Gasteiger partial charge in [0.25, 0.3) is 0 Å². The van der Waals surface area contributed by atoms with E-state index in [2.05, 4.69) is 11.9 Å². The van der Waals surface area contributed by atoms with Crippen molar-refractivity contribution < 1.29 is 23.1 Å². The third-order valence-corrected chi connectivity index (χ3v) is 6.13. The fourth-order valence-corrected chi connectivity index (χ4v) is 4.73. The van der Waals surface area contributed by atoms with E-state index < -0.39 is 19.3 Å². The molecule has 23 heavy (non-hydrogen) atoms. The monoisotopic (exact) mass is 347 g/mol. The van der Waals surface area contributed by atoms with Crippen LogP contribution in [0.3, 0.4) is 0 Å². The maximum Gasteiger partial charge on any atom is 0.352 e. The lowest BCUT2D eigenvalue weighted by Crippen LogP contribution is -2.42. The molecule has 1 unspecified atom stereocenters. The highest BCUT2D eigenvalue weighted by molar-refractivity contribution is 7.55. The summed E-state index contributed by atoms with van der Waals surface area (Å²) >= 11 is 0. The fraction of sp³-hybridized carbons (Fsp3) is 0.812. The molecular formula is C16H30NO5P. The van der Waals surface area contributed by atoms with Gasteiger partial charge in [0, 0.05) is 6.04 Å². The molecule has 1 aliphatic carbocycles. The minimum absolute atomic E-state index is 0.0997. The third kappa shape index (κ3) is 6.03. The molecule has 0 spiro atoms. The summed E-state index contributed by atoms with van der Waals surface area (Å²) in [6, 6.07) is 0.175. The molecular weight excluding hydrogens is 317 g/mol. The molecule has 0 amide bonds. The highest BCUT2D eigenvalue weighted by Gasteiger charge is 2.41. The van der Waals surface area contributed by atoms with Crippen molar-refractivity contribution in [2.75, 3.05) is 19.8 Å². The SMILES string of the molecule is C=C(C(=O)OCC)C(NC1CCCCC1)P(=O)(OCC)OCC. The van der Waals surface area contributed by atoms with Crippen LogP contribution in [0.25, 0.3) is 0 Å². The van der Waals surface area contributed by atoms with Gasteiger partial charge in [-0.15, -0.1) is 0 Å². The van der Waals surface area contributed by atoms with E-state index >= 15 is 0 Å². The van der Waals surface area contributed by atoms with Gasteiger partial charge >= 0.3 is 13.6 Å². The number of rotatable bonds is 10. The van der Waals surface area contributed by atoms with Crippen molar-refractivity contribution in [1.29, 1.82) is 0 Å². The fourth-order valence-electron chi connectivity index (χ4n) is 2.76. The number of ether oxygens (including phenoxy) is 1. The molecule has 6 nitrogen and oxygen atoms in total. The zero-order chi connectivity index (χ0) is 17.3. The topological polar surface area (TPSA) is 73.9 Å². The van der Waals surface area contributed by atoms with E-state index in [-0.39, 0.29) is 31.4 Å². The number of esters is 1. The average Bonchev–Trinajstić information content (AvgIpc) is 2.53. The molecule has 0 aromatic carbocycles. The number of carbonyl (C=O) groups is 1. The molecule has 0 aliphatic heterocycles. The van der Waals surface area contributed by atoms with Gasteiger partial charge in [-0.05, 0) is 33.6 Å². The van der Waals surface area contributed by atoms with Gasteiger partial charge in [0.15, 0.2) is 0 Å². The molecule has 1 fully saturated rings. The van der Waals surface area contributed by atoms with E-state index in [1.165, 1.54) is 6.42 Å². The van der Waals surface area contributed by atoms with E-state index in [4.69, 9.17) is 13.8 Å². The smallest absolute Gasteiger partial charge is 0.352 e. The van der Waals surface area contributed by atoms with Gasteiger partial charge in [-0.3, -0.25) is 9.88 Å². The minimum atomic E-state index is -3.54. The van der Waals surface area contributed by atoms with E-state index in [9.17, 15) is 9.36 Å². The number of carbonyl (C=O) groups excluding carboxylic acids is 1. The van der Waals surface area contributed by atoms with Crippen LogP contribution < -0.4 is 5.32 Å². The van der Waals surface area contributed by atoms with Crippen molar-refractivity contribution in [3.63, 3.8) is 0 Å². The molecule has 1 aliphatic rings. The van der Waals surface area contributed by atoms with Crippen molar-refractivity contribution in [3.05, 3.63) is 12.2 Å². The Labute approximate surface area is 139 Å². The number of nitrogens with one attached hydrogen (secondary N) is 1. The second-order valence-corrected chi connectivity index (χ2v) is 7.64. The zero-order valence-corrected chi connectivity index (χ0v) is 15.4. The van der Waals surface area contributed by atoms with E-state index in [0.717, 1.165) is 25.7 Å². The first-order chi connectivity index (χ1) is 11.0. The van der Waals surface area contributed by atoms with Crippen LogP contribution in [0.2, 0.25) is 0 Å². The summed E-state index contributed by atoms with van der Waals surface area (Å²) in [6.07, 6.45) is 5.39. The predicted octanol–water partition coefficient (Wildman–Crippen LogP) is 3.62. The van der Waals surface area contributed by atoms with Crippen molar-refractivity contribution in [2.45, 2.75) is 64.7 Å². The quantitative estimate of drug-likeness (QED) is 0.370. The first-order valence-corrected chi connectivity index (χ1v) is 10.1. The Balaban J connectivity index is 2.99. The molecule has 134 valence electrons. The molecule has 1 atom stereocenters. The Bertz CT molecular complexity index is 424. The standard InChI is InChI=1S/C16H30NO5P/c1-5-20-16(18)13(4)15(17-14-11-9-8-10-12-14)23(19,21-6-2)22-7-3/h14-15,17H,4-12H2,1-3H3. The van der Waals surface area contributed by atoms with Crippen LogP contribution in [0.4, 0.5) is 0 Å². The average molecular weight is 347 g/mol. The van der Waals surface area contributed by atoms with Crippen molar-refractivity contribution in [2.24, 2.45) is 0 Å². The molecule has 0 radical (unpaired) electrons. The lowest BCUT2D eigenvalue weighted by Gasteiger charge is -2.32. The van der Waals surface area contributed by atoms with Crippen molar-refractivity contribution in [3.8, 4) is 0 Å². The van der Waals surface area contributed by atoms with Crippen LogP contribution in [-0.4, -0.2) is 37.6 Å². The van der Waals surface area contributed by atoms with Gasteiger partial charge in [-0.2, -0.15) is 0 Å². The van der Waals surface area contributed by atoms with Crippen LogP contribution in [0.15, 0.2) is 12.2 Å². The minimum Gasteiger partial charge on any atom is -0.463 e. The predicted molar refractivity (Wildman–Crippen MR) is 90.4 cm³/mol. The third-order valence-electron chi connectivity index (χ3n) is 3.80. The van der Waals surface area contributed by atoms with Gasteiger partial charge in [-0.25, -0.2) is 4.79 Å². The van der Waals surface area contributed by atoms with E-state index in [1.54, 1.807) is 20.8 Å². The Morgan fingerprint density at radius 1 is 1.13 bits per heavy atom. The first kappa shape index (κ1) is 20.4. The van der Waals surface area contributed by atoms with E-state index in [1.807, 2.05) is 0 Å². The van der Waals surface area contributed by atoms with Crippen LogP contribution in [0.5, 0.6) is 0 Å². The summed E-state index contributed by atoms with van der Waals surface area (Å²) in [7, 11) is -3.54. The summed E-state index contributed by atoms with van der Waals surface area (Å²) < 4.78 is 29.0. The Morgan fingerprint density at radius 2 is 1.70 bits per heavy atom. The highest BCUT2D eigenvalue weighted by atomic mass is 31.2. The van der Waals surface area contributed by atoms with Crippen LogP contribution in [-0.2, 0) is 23.1 Å². The van der Waals surface area contributed by atoms with Crippen LogP contribution >= 0.6 is 7.60 Å². The molecule has 1 saturated carbocycles. The Morgan fingerprint density at radius 3 is 2.17 bits per heavy atom. The second kappa shape index (κ2) is 10.2. The highest BCUT2D eigenvalue weighted by Crippen LogP contribution is 2.54.